The number of hydrogen-bond acceptors (Lipinski definition) is 2. The summed E-state index contributed by atoms with van der Waals surface area (Å²) in [4.78, 5) is 0. The lowest BCUT2D eigenvalue weighted by atomic mass is 10.2. The molecule has 0 aliphatic heterocycles. The van der Waals surface area contributed by atoms with Crippen LogP contribution in [0, 0.1) is 11.3 Å². The molecule has 0 heterocycles. The van der Waals surface area contributed by atoms with Crippen LogP contribution in [-0.4, -0.2) is 0 Å². The molecule has 4 heteroatoms. The van der Waals surface area contributed by atoms with Gasteiger partial charge in [-0.3, -0.25) is 0 Å². The van der Waals surface area contributed by atoms with Crippen LogP contribution in [-0.2, 0) is 6.61 Å². The van der Waals surface area contributed by atoms with Crippen molar-refractivity contribution in [3.63, 3.8) is 0 Å². The van der Waals surface area contributed by atoms with Gasteiger partial charge in [0.25, 0.3) is 0 Å². The SMILES string of the molecule is N#Cc1ccc(OCc2c(Cl)cccc2Cl)cc1. The Balaban J connectivity index is 2.09. The van der Waals surface area contributed by atoms with Gasteiger partial charge >= 0.3 is 0 Å². The minimum atomic E-state index is 0.296. The van der Waals surface area contributed by atoms with Crippen LogP contribution in [0.25, 0.3) is 0 Å². The third-order valence-corrected chi connectivity index (χ3v) is 3.14. The zero-order chi connectivity index (χ0) is 13.0. The predicted molar refractivity (Wildman–Crippen MR) is 72.0 cm³/mol. The molecule has 0 saturated carbocycles. The highest BCUT2D eigenvalue weighted by atomic mass is 35.5. The molecule has 0 aromatic heterocycles. The van der Waals surface area contributed by atoms with Gasteiger partial charge in [-0.1, -0.05) is 29.3 Å². The molecular formula is C14H9Cl2NO. The van der Waals surface area contributed by atoms with Crippen LogP contribution in [0.2, 0.25) is 10.0 Å². The van der Waals surface area contributed by atoms with Crippen molar-refractivity contribution in [3.05, 3.63) is 63.6 Å². The lowest BCUT2D eigenvalue weighted by molar-refractivity contribution is 0.306. The third kappa shape index (κ3) is 2.95. The van der Waals surface area contributed by atoms with Crippen molar-refractivity contribution in [1.29, 1.82) is 5.26 Å². The molecule has 0 amide bonds. The number of ether oxygens (including phenoxy) is 1. The molecule has 0 spiro atoms. The Kier molecular flexibility index (Phi) is 4.09. The van der Waals surface area contributed by atoms with E-state index in [4.69, 9.17) is 33.2 Å². The Morgan fingerprint density at radius 1 is 1.00 bits per heavy atom. The first-order valence-corrected chi connectivity index (χ1v) is 6.02. The molecule has 90 valence electrons. The van der Waals surface area contributed by atoms with Gasteiger partial charge < -0.3 is 4.74 Å². The van der Waals surface area contributed by atoms with Crippen molar-refractivity contribution in [2.45, 2.75) is 6.61 Å². The van der Waals surface area contributed by atoms with E-state index in [2.05, 4.69) is 0 Å². The van der Waals surface area contributed by atoms with E-state index in [1.54, 1.807) is 42.5 Å². The summed E-state index contributed by atoms with van der Waals surface area (Å²) in [5.41, 5.74) is 1.35. The van der Waals surface area contributed by atoms with Crippen LogP contribution >= 0.6 is 23.2 Å². The van der Waals surface area contributed by atoms with Gasteiger partial charge in [0.15, 0.2) is 0 Å². The van der Waals surface area contributed by atoms with E-state index in [9.17, 15) is 0 Å². The molecule has 2 nitrogen and oxygen atoms in total. The van der Waals surface area contributed by atoms with Crippen LogP contribution in [0.4, 0.5) is 0 Å². The number of rotatable bonds is 3. The molecule has 2 aromatic rings. The quantitative estimate of drug-likeness (QED) is 0.831. The van der Waals surface area contributed by atoms with E-state index in [0.717, 1.165) is 5.56 Å². The van der Waals surface area contributed by atoms with Gasteiger partial charge in [-0.25, -0.2) is 0 Å². The smallest absolute Gasteiger partial charge is 0.119 e. The maximum absolute atomic E-state index is 8.68. The number of hydrogen-bond donors (Lipinski definition) is 0. The van der Waals surface area contributed by atoms with Crippen LogP contribution in [0.15, 0.2) is 42.5 Å². The van der Waals surface area contributed by atoms with Crippen molar-refractivity contribution in [3.8, 4) is 11.8 Å². The molecule has 0 bridgehead atoms. The zero-order valence-corrected chi connectivity index (χ0v) is 10.9. The second kappa shape index (κ2) is 5.77. The highest BCUT2D eigenvalue weighted by molar-refractivity contribution is 6.35. The highest BCUT2D eigenvalue weighted by Crippen LogP contribution is 2.25. The lowest BCUT2D eigenvalue weighted by Crippen LogP contribution is -1.97. The molecule has 0 radical (unpaired) electrons. The van der Waals surface area contributed by atoms with Crippen LogP contribution in [0.3, 0.4) is 0 Å². The fourth-order valence-corrected chi connectivity index (χ4v) is 1.96. The highest BCUT2D eigenvalue weighted by Gasteiger charge is 2.06. The normalized spacial score (nSPS) is 9.83. The molecule has 0 aliphatic carbocycles. The number of benzene rings is 2. The van der Waals surface area contributed by atoms with E-state index in [-0.39, 0.29) is 0 Å². The largest absolute Gasteiger partial charge is 0.489 e. The van der Waals surface area contributed by atoms with Crippen molar-refractivity contribution in [2.24, 2.45) is 0 Å². The third-order valence-electron chi connectivity index (χ3n) is 2.43. The molecule has 2 aromatic carbocycles. The molecule has 0 N–H and O–H groups in total. The summed E-state index contributed by atoms with van der Waals surface area (Å²) in [7, 11) is 0. The van der Waals surface area contributed by atoms with E-state index >= 15 is 0 Å². The van der Waals surface area contributed by atoms with Crippen LogP contribution in [0.1, 0.15) is 11.1 Å². The van der Waals surface area contributed by atoms with Crippen molar-refractivity contribution in [1.82, 2.24) is 0 Å². The second-order valence-electron chi connectivity index (χ2n) is 3.63. The molecule has 18 heavy (non-hydrogen) atoms. The van der Waals surface area contributed by atoms with Gasteiger partial charge in [0, 0.05) is 15.6 Å². The van der Waals surface area contributed by atoms with Gasteiger partial charge in [0.1, 0.15) is 12.4 Å². The zero-order valence-electron chi connectivity index (χ0n) is 9.36. The Morgan fingerprint density at radius 3 is 2.17 bits per heavy atom. The summed E-state index contributed by atoms with van der Waals surface area (Å²) in [6.45, 7) is 0.296. The Bertz CT molecular complexity index is 567. The van der Waals surface area contributed by atoms with E-state index in [1.807, 2.05) is 6.07 Å². The monoisotopic (exact) mass is 277 g/mol. The Morgan fingerprint density at radius 2 is 1.61 bits per heavy atom. The van der Waals surface area contributed by atoms with E-state index < -0.39 is 0 Å². The average molecular weight is 278 g/mol. The molecule has 2 rings (SSSR count). The van der Waals surface area contributed by atoms with Gasteiger partial charge in [0.2, 0.25) is 0 Å². The lowest BCUT2D eigenvalue weighted by Gasteiger charge is -2.09. The summed E-state index contributed by atoms with van der Waals surface area (Å²) < 4.78 is 5.57. The summed E-state index contributed by atoms with van der Waals surface area (Å²) >= 11 is 12.1. The maximum atomic E-state index is 8.68. The fourth-order valence-electron chi connectivity index (χ4n) is 1.45. The number of nitrogens with zero attached hydrogens (tertiary/aromatic N) is 1. The minimum absolute atomic E-state index is 0.296. The first-order chi connectivity index (χ1) is 8.70. The number of halogens is 2. The summed E-state index contributed by atoms with van der Waals surface area (Å²) in [5.74, 6) is 0.671. The van der Waals surface area contributed by atoms with Crippen molar-refractivity contribution >= 4 is 23.2 Å². The van der Waals surface area contributed by atoms with E-state index in [1.165, 1.54) is 0 Å². The van der Waals surface area contributed by atoms with Crippen molar-refractivity contribution in [2.75, 3.05) is 0 Å². The molecular weight excluding hydrogens is 269 g/mol. The standard InChI is InChI=1S/C14H9Cl2NO/c15-13-2-1-3-14(16)12(13)9-18-11-6-4-10(8-17)5-7-11/h1-7H,9H2. The molecule has 0 aliphatic rings. The van der Waals surface area contributed by atoms with Crippen molar-refractivity contribution < 1.29 is 4.74 Å². The number of nitriles is 1. The van der Waals surface area contributed by atoms with E-state index in [0.29, 0.717) is 28.0 Å². The molecule has 0 fully saturated rings. The van der Waals surface area contributed by atoms with Crippen LogP contribution < -0.4 is 4.74 Å². The van der Waals surface area contributed by atoms with Gasteiger partial charge in [-0.15, -0.1) is 0 Å². The molecule has 0 saturated heterocycles. The van der Waals surface area contributed by atoms with Gasteiger partial charge in [-0.05, 0) is 36.4 Å². The Labute approximate surface area is 115 Å². The maximum Gasteiger partial charge on any atom is 0.119 e. The van der Waals surface area contributed by atoms with Gasteiger partial charge in [-0.2, -0.15) is 5.26 Å². The predicted octanol–water partition coefficient (Wildman–Crippen LogP) is 4.44. The summed E-state index contributed by atoms with van der Waals surface area (Å²) in [5, 5.41) is 9.84. The first kappa shape index (κ1) is 12.8. The first-order valence-electron chi connectivity index (χ1n) is 5.26. The topological polar surface area (TPSA) is 33.0 Å². The minimum Gasteiger partial charge on any atom is -0.489 e. The molecule has 0 unspecified atom stereocenters. The second-order valence-corrected chi connectivity index (χ2v) is 4.44. The average Bonchev–Trinajstić information content (AvgIpc) is 2.39. The summed E-state index contributed by atoms with van der Waals surface area (Å²) in [6.07, 6.45) is 0. The summed E-state index contributed by atoms with van der Waals surface area (Å²) in [6, 6.07) is 14.2. The molecule has 0 atom stereocenters. The Hall–Kier alpha value is -1.69. The van der Waals surface area contributed by atoms with Crippen LogP contribution in [0.5, 0.6) is 5.75 Å². The van der Waals surface area contributed by atoms with Gasteiger partial charge in [0.05, 0.1) is 11.6 Å². The fraction of sp³-hybridized carbons (Fsp3) is 0.0714.